The zero-order chi connectivity index (χ0) is 11.4. The fraction of sp³-hybridized carbons (Fsp3) is 0.300. The van der Waals surface area contributed by atoms with E-state index in [9.17, 15) is 9.18 Å². The average Bonchev–Trinajstić information content (AvgIpc) is 2.19. The van der Waals surface area contributed by atoms with Gasteiger partial charge in [-0.1, -0.05) is 6.07 Å². The summed E-state index contributed by atoms with van der Waals surface area (Å²) in [6.45, 7) is 0.149. The van der Waals surface area contributed by atoms with Crippen molar-refractivity contribution in [1.29, 1.82) is 0 Å². The molecule has 1 aromatic rings. The Kier molecular flexibility index (Phi) is 3.76. The van der Waals surface area contributed by atoms with E-state index in [4.69, 9.17) is 16.6 Å². The number of halogens is 1. The molecule has 0 spiro atoms. The van der Waals surface area contributed by atoms with Gasteiger partial charge < -0.3 is 16.6 Å². The molecule has 82 valence electrons. The van der Waals surface area contributed by atoms with Crippen molar-refractivity contribution in [1.82, 2.24) is 0 Å². The highest BCUT2D eigenvalue weighted by Gasteiger charge is 2.12. The summed E-state index contributed by atoms with van der Waals surface area (Å²) in [5.41, 5.74) is 12.0. The molecule has 0 aliphatic heterocycles. The first kappa shape index (κ1) is 11.6. The molecule has 0 amide bonds. The maximum absolute atomic E-state index is 12.9. The molecule has 0 heterocycles. The number of hydrogen-bond acceptors (Lipinski definition) is 3. The summed E-state index contributed by atoms with van der Waals surface area (Å²) in [6, 6.07) is 3.34. The van der Waals surface area contributed by atoms with Crippen molar-refractivity contribution in [2.24, 2.45) is 11.5 Å². The number of benzene rings is 1. The first-order chi connectivity index (χ1) is 7.04. The van der Waals surface area contributed by atoms with Gasteiger partial charge in [-0.2, -0.15) is 0 Å². The smallest absolute Gasteiger partial charge is 0.307 e. The molecule has 0 bridgehead atoms. The fourth-order valence-corrected chi connectivity index (χ4v) is 1.36. The summed E-state index contributed by atoms with van der Waals surface area (Å²) in [5, 5.41) is 8.65. The minimum Gasteiger partial charge on any atom is -0.481 e. The number of carboxylic acid groups (broad SMARTS) is 1. The van der Waals surface area contributed by atoms with Crippen LogP contribution in [-0.4, -0.2) is 17.6 Å². The first-order valence-corrected chi connectivity index (χ1v) is 4.50. The normalized spacial score (nSPS) is 12.5. The molecule has 15 heavy (non-hydrogen) atoms. The quantitative estimate of drug-likeness (QED) is 0.674. The first-order valence-electron chi connectivity index (χ1n) is 4.50. The van der Waals surface area contributed by atoms with E-state index in [1.54, 1.807) is 0 Å². The van der Waals surface area contributed by atoms with Gasteiger partial charge in [0.15, 0.2) is 0 Å². The molecule has 0 aliphatic carbocycles. The van der Waals surface area contributed by atoms with Crippen LogP contribution >= 0.6 is 0 Å². The van der Waals surface area contributed by atoms with E-state index in [1.807, 2.05) is 0 Å². The lowest BCUT2D eigenvalue weighted by Gasteiger charge is -2.13. The zero-order valence-electron chi connectivity index (χ0n) is 8.11. The standard InChI is InChI=1S/C10H13FN2O2/c11-7-2-1-6(3-10(14)15)8(4-7)9(13)5-12/h1-2,4,9H,3,5,12-13H2,(H,14,15)/t9-/m0/s1. The molecule has 5 heteroatoms. The molecule has 0 aromatic heterocycles. The third-order valence-corrected chi connectivity index (χ3v) is 2.10. The number of nitrogens with two attached hydrogens (primary N) is 2. The van der Waals surface area contributed by atoms with E-state index in [-0.39, 0.29) is 13.0 Å². The molecule has 4 nitrogen and oxygen atoms in total. The highest BCUT2D eigenvalue weighted by Crippen LogP contribution is 2.17. The Bertz CT molecular complexity index is 368. The van der Waals surface area contributed by atoms with Crippen LogP contribution in [0.25, 0.3) is 0 Å². The minimum atomic E-state index is -0.980. The van der Waals surface area contributed by atoms with Crippen molar-refractivity contribution in [2.75, 3.05) is 6.54 Å². The van der Waals surface area contributed by atoms with Crippen LogP contribution in [0.1, 0.15) is 17.2 Å². The maximum Gasteiger partial charge on any atom is 0.307 e. The zero-order valence-corrected chi connectivity index (χ0v) is 8.11. The Labute approximate surface area is 86.7 Å². The van der Waals surface area contributed by atoms with Crippen molar-refractivity contribution in [3.05, 3.63) is 35.1 Å². The lowest BCUT2D eigenvalue weighted by atomic mass is 9.98. The van der Waals surface area contributed by atoms with Crippen molar-refractivity contribution in [2.45, 2.75) is 12.5 Å². The fourth-order valence-electron chi connectivity index (χ4n) is 1.36. The molecule has 0 unspecified atom stereocenters. The topological polar surface area (TPSA) is 89.3 Å². The van der Waals surface area contributed by atoms with Gasteiger partial charge in [-0.3, -0.25) is 4.79 Å². The van der Waals surface area contributed by atoms with Crippen LogP contribution in [0.4, 0.5) is 4.39 Å². The maximum atomic E-state index is 12.9. The molecule has 1 aromatic carbocycles. The molecule has 0 saturated heterocycles. The predicted octanol–water partition coefficient (Wildman–Crippen LogP) is 0.411. The van der Waals surface area contributed by atoms with Crippen molar-refractivity contribution < 1.29 is 14.3 Å². The summed E-state index contributed by atoms with van der Waals surface area (Å²) in [6.07, 6.45) is -0.177. The van der Waals surface area contributed by atoms with Crippen molar-refractivity contribution in [3.8, 4) is 0 Å². The van der Waals surface area contributed by atoms with Crippen LogP contribution in [0.2, 0.25) is 0 Å². The largest absolute Gasteiger partial charge is 0.481 e. The van der Waals surface area contributed by atoms with E-state index in [0.717, 1.165) is 0 Å². The molecule has 0 fully saturated rings. The Morgan fingerprint density at radius 2 is 2.20 bits per heavy atom. The summed E-state index contributed by atoms with van der Waals surface area (Å²) in [7, 11) is 0. The van der Waals surface area contributed by atoms with Gasteiger partial charge in [-0.15, -0.1) is 0 Å². The molecule has 5 N–H and O–H groups in total. The minimum absolute atomic E-state index is 0.149. The average molecular weight is 212 g/mol. The Hall–Kier alpha value is -1.46. The molecule has 0 saturated carbocycles. The van der Waals surface area contributed by atoms with Crippen LogP contribution in [0, 0.1) is 5.82 Å². The van der Waals surface area contributed by atoms with Gasteiger partial charge >= 0.3 is 5.97 Å². The number of hydrogen-bond donors (Lipinski definition) is 3. The van der Waals surface area contributed by atoms with Crippen LogP contribution in [0.3, 0.4) is 0 Å². The number of carboxylic acids is 1. The van der Waals surface area contributed by atoms with E-state index in [1.165, 1.54) is 18.2 Å². The lowest BCUT2D eigenvalue weighted by molar-refractivity contribution is -0.136. The van der Waals surface area contributed by atoms with Crippen LogP contribution in [0.5, 0.6) is 0 Å². The van der Waals surface area contributed by atoms with E-state index >= 15 is 0 Å². The molecular weight excluding hydrogens is 199 g/mol. The molecule has 0 aliphatic rings. The molecule has 1 rings (SSSR count). The lowest BCUT2D eigenvalue weighted by Crippen LogP contribution is -2.23. The van der Waals surface area contributed by atoms with E-state index < -0.39 is 17.8 Å². The van der Waals surface area contributed by atoms with E-state index in [0.29, 0.717) is 11.1 Å². The molecule has 0 radical (unpaired) electrons. The SMILES string of the molecule is NC[C@H](N)c1cc(F)ccc1CC(=O)O. The highest BCUT2D eigenvalue weighted by atomic mass is 19.1. The summed E-state index contributed by atoms with van der Waals surface area (Å²) in [5.74, 6) is -1.42. The van der Waals surface area contributed by atoms with Crippen LogP contribution in [-0.2, 0) is 11.2 Å². The van der Waals surface area contributed by atoms with Gasteiger partial charge in [-0.25, -0.2) is 4.39 Å². The number of rotatable bonds is 4. The summed E-state index contributed by atoms with van der Waals surface area (Å²) in [4.78, 5) is 10.6. The van der Waals surface area contributed by atoms with Gasteiger partial charge in [-0.05, 0) is 23.3 Å². The van der Waals surface area contributed by atoms with Gasteiger partial charge in [0.1, 0.15) is 5.82 Å². The summed E-state index contributed by atoms with van der Waals surface area (Å²) < 4.78 is 12.9. The monoisotopic (exact) mass is 212 g/mol. The van der Waals surface area contributed by atoms with Gasteiger partial charge in [0, 0.05) is 12.6 Å². The third kappa shape index (κ3) is 3.00. The Morgan fingerprint density at radius 3 is 2.73 bits per heavy atom. The van der Waals surface area contributed by atoms with Crippen molar-refractivity contribution in [3.63, 3.8) is 0 Å². The van der Waals surface area contributed by atoms with Crippen LogP contribution < -0.4 is 11.5 Å². The van der Waals surface area contributed by atoms with Gasteiger partial charge in [0.2, 0.25) is 0 Å². The second-order valence-corrected chi connectivity index (χ2v) is 3.26. The number of aliphatic carboxylic acids is 1. The predicted molar refractivity (Wildman–Crippen MR) is 53.7 cm³/mol. The molecular formula is C10H13FN2O2. The second-order valence-electron chi connectivity index (χ2n) is 3.26. The van der Waals surface area contributed by atoms with Gasteiger partial charge in [0.05, 0.1) is 6.42 Å². The number of carbonyl (C=O) groups is 1. The molecule has 1 atom stereocenters. The third-order valence-electron chi connectivity index (χ3n) is 2.10. The van der Waals surface area contributed by atoms with Crippen molar-refractivity contribution >= 4 is 5.97 Å². The Morgan fingerprint density at radius 1 is 1.53 bits per heavy atom. The highest BCUT2D eigenvalue weighted by molar-refractivity contribution is 5.70. The van der Waals surface area contributed by atoms with E-state index in [2.05, 4.69) is 0 Å². The van der Waals surface area contributed by atoms with Gasteiger partial charge in [0.25, 0.3) is 0 Å². The second kappa shape index (κ2) is 4.86. The van der Waals surface area contributed by atoms with Crippen LogP contribution in [0.15, 0.2) is 18.2 Å². The summed E-state index contributed by atoms with van der Waals surface area (Å²) >= 11 is 0. The Balaban J connectivity index is 3.08.